The first-order chi connectivity index (χ1) is 11.2. The molecule has 1 amide bonds. The zero-order chi connectivity index (χ0) is 16.2. The van der Waals surface area contributed by atoms with Gasteiger partial charge in [0.25, 0.3) is 0 Å². The van der Waals surface area contributed by atoms with Gasteiger partial charge in [-0.15, -0.1) is 0 Å². The quantitative estimate of drug-likeness (QED) is 0.780. The lowest BCUT2D eigenvalue weighted by Gasteiger charge is -2.06. The van der Waals surface area contributed by atoms with Gasteiger partial charge in [-0.1, -0.05) is 42.5 Å². The maximum absolute atomic E-state index is 12.3. The highest BCUT2D eigenvalue weighted by Gasteiger charge is 2.10. The van der Waals surface area contributed by atoms with Crippen molar-refractivity contribution < 1.29 is 4.79 Å². The normalized spacial score (nSPS) is 10.8. The molecule has 0 aliphatic heterocycles. The number of nitrogens with one attached hydrogen (secondary N) is 1. The Hall–Kier alpha value is -2.82. The van der Waals surface area contributed by atoms with Crippen molar-refractivity contribution in [3.8, 4) is 0 Å². The van der Waals surface area contributed by atoms with Crippen LogP contribution in [0.25, 0.3) is 11.0 Å². The number of carbonyl (C=O) groups is 1. The summed E-state index contributed by atoms with van der Waals surface area (Å²) in [6, 6.07) is 17.3. The number of fused-ring (bicyclic) bond motifs is 1. The van der Waals surface area contributed by atoms with Crippen LogP contribution in [0.2, 0.25) is 0 Å². The Balaban J connectivity index is 1.64. The minimum atomic E-state index is -0.0662. The van der Waals surface area contributed by atoms with Gasteiger partial charge in [0.1, 0.15) is 0 Å². The molecule has 1 heterocycles. The van der Waals surface area contributed by atoms with Gasteiger partial charge in [-0.05, 0) is 17.7 Å². The van der Waals surface area contributed by atoms with Crippen molar-refractivity contribution in [1.29, 1.82) is 0 Å². The van der Waals surface area contributed by atoms with Crippen molar-refractivity contribution in [3.63, 3.8) is 0 Å². The first-order valence-electron chi connectivity index (χ1n) is 7.61. The average Bonchev–Trinajstić information content (AvgIpc) is 2.81. The third-order valence-electron chi connectivity index (χ3n) is 3.92. The van der Waals surface area contributed by atoms with Crippen LogP contribution in [0.1, 0.15) is 5.56 Å². The monoisotopic (exact) mass is 309 g/mol. The van der Waals surface area contributed by atoms with E-state index in [1.54, 1.807) is 16.2 Å². The number of aryl methyl sites for hydroxylation is 1. The minimum Gasteiger partial charge on any atom is -0.354 e. The van der Waals surface area contributed by atoms with E-state index >= 15 is 0 Å². The first kappa shape index (κ1) is 15.1. The molecule has 0 unspecified atom stereocenters. The van der Waals surface area contributed by atoms with E-state index in [1.165, 1.54) is 0 Å². The summed E-state index contributed by atoms with van der Waals surface area (Å²) in [6.07, 6.45) is 0.352. The second kappa shape index (κ2) is 6.52. The smallest absolute Gasteiger partial charge is 0.328 e. The largest absolute Gasteiger partial charge is 0.354 e. The van der Waals surface area contributed by atoms with Crippen molar-refractivity contribution in [2.45, 2.75) is 13.0 Å². The molecular formula is C18H19N3O2. The molecule has 1 aromatic heterocycles. The lowest BCUT2D eigenvalue weighted by Crippen LogP contribution is -2.32. The first-order valence-corrected chi connectivity index (χ1v) is 7.61. The van der Waals surface area contributed by atoms with Crippen LogP contribution in [-0.4, -0.2) is 21.6 Å². The molecule has 0 atom stereocenters. The third-order valence-corrected chi connectivity index (χ3v) is 3.92. The Labute approximate surface area is 134 Å². The summed E-state index contributed by atoms with van der Waals surface area (Å²) >= 11 is 0. The highest BCUT2D eigenvalue weighted by atomic mass is 16.2. The number of nitrogens with zero attached hydrogens (tertiary/aromatic N) is 2. The molecule has 118 valence electrons. The summed E-state index contributed by atoms with van der Waals surface area (Å²) in [4.78, 5) is 24.2. The van der Waals surface area contributed by atoms with Gasteiger partial charge in [0.2, 0.25) is 5.91 Å². The summed E-state index contributed by atoms with van der Waals surface area (Å²) < 4.78 is 3.32. The van der Waals surface area contributed by atoms with E-state index in [1.807, 2.05) is 54.6 Å². The Bertz CT molecular complexity index is 878. The molecule has 5 nitrogen and oxygen atoms in total. The number of aromatic nitrogens is 2. The van der Waals surface area contributed by atoms with Crippen LogP contribution in [0.4, 0.5) is 0 Å². The molecule has 0 bridgehead atoms. The molecule has 0 radical (unpaired) electrons. The van der Waals surface area contributed by atoms with Gasteiger partial charge in [0, 0.05) is 20.1 Å². The van der Waals surface area contributed by atoms with Crippen LogP contribution in [0.3, 0.4) is 0 Å². The Morgan fingerprint density at radius 2 is 1.65 bits per heavy atom. The zero-order valence-corrected chi connectivity index (χ0v) is 13.0. The van der Waals surface area contributed by atoms with Gasteiger partial charge in [0.15, 0.2) is 0 Å². The van der Waals surface area contributed by atoms with E-state index < -0.39 is 0 Å². The summed E-state index contributed by atoms with van der Waals surface area (Å²) in [7, 11) is 1.76. The molecule has 2 aromatic carbocycles. The molecule has 0 spiro atoms. The predicted octanol–water partition coefficient (Wildman–Crippen LogP) is 1.70. The maximum Gasteiger partial charge on any atom is 0.328 e. The van der Waals surface area contributed by atoms with Crippen molar-refractivity contribution >= 4 is 16.9 Å². The average molecular weight is 309 g/mol. The Kier molecular flexibility index (Phi) is 4.28. The fourth-order valence-electron chi connectivity index (χ4n) is 2.73. The van der Waals surface area contributed by atoms with Gasteiger partial charge in [-0.25, -0.2) is 4.79 Å². The third kappa shape index (κ3) is 3.18. The predicted molar refractivity (Wildman–Crippen MR) is 90.3 cm³/mol. The molecule has 1 N–H and O–H groups in total. The van der Waals surface area contributed by atoms with Gasteiger partial charge in [-0.3, -0.25) is 13.9 Å². The van der Waals surface area contributed by atoms with E-state index in [4.69, 9.17) is 0 Å². The van der Waals surface area contributed by atoms with E-state index in [0.29, 0.717) is 19.5 Å². The molecule has 5 heteroatoms. The second-order valence-corrected chi connectivity index (χ2v) is 5.49. The van der Waals surface area contributed by atoms with Gasteiger partial charge < -0.3 is 5.32 Å². The van der Waals surface area contributed by atoms with Gasteiger partial charge in [0.05, 0.1) is 17.5 Å². The van der Waals surface area contributed by atoms with Crippen LogP contribution in [0, 0.1) is 0 Å². The van der Waals surface area contributed by atoms with E-state index in [0.717, 1.165) is 16.6 Å². The summed E-state index contributed by atoms with van der Waals surface area (Å²) in [5.74, 6) is -0.0375. The standard InChI is InChI=1S/C18H19N3O2/c1-20-15-9-5-6-10-16(15)21(18(20)23)12-11-19-17(22)13-14-7-3-2-4-8-14/h2-10H,11-13H2,1H3,(H,19,22). The molecule has 0 fully saturated rings. The van der Waals surface area contributed by atoms with E-state index in [-0.39, 0.29) is 11.6 Å². The Morgan fingerprint density at radius 1 is 1.00 bits per heavy atom. The summed E-state index contributed by atoms with van der Waals surface area (Å²) in [5.41, 5.74) is 2.70. The minimum absolute atomic E-state index is 0.0375. The van der Waals surface area contributed by atoms with E-state index in [9.17, 15) is 9.59 Å². The van der Waals surface area contributed by atoms with Crippen molar-refractivity contribution in [2.24, 2.45) is 7.05 Å². The van der Waals surface area contributed by atoms with Gasteiger partial charge in [-0.2, -0.15) is 0 Å². The molecule has 3 aromatic rings. The number of carbonyl (C=O) groups excluding carboxylic acids is 1. The van der Waals surface area contributed by atoms with E-state index in [2.05, 4.69) is 5.32 Å². The second-order valence-electron chi connectivity index (χ2n) is 5.49. The molecule has 0 saturated heterocycles. The molecular weight excluding hydrogens is 290 g/mol. The maximum atomic E-state index is 12.3. The van der Waals surface area contributed by atoms with Crippen LogP contribution >= 0.6 is 0 Å². The molecule has 23 heavy (non-hydrogen) atoms. The summed E-state index contributed by atoms with van der Waals surface area (Å²) in [5, 5.41) is 2.87. The topological polar surface area (TPSA) is 56.0 Å². The number of imidazole rings is 1. The number of rotatable bonds is 5. The number of hydrogen-bond donors (Lipinski definition) is 1. The fraction of sp³-hybridized carbons (Fsp3) is 0.222. The highest BCUT2D eigenvalue weighted by molar-refractivity contribution is 5.78. The van der Waals surface area contributed by atoms with Crippen molar-refractivity contribution in [3.05, 3.63) is 70.6 Å². The van der Waals surface area contributed by atoms with Crippen LogP contribution in [0.15, 0.2) is 59.4 Å². The lowest BCUT2D eigenvalue weighted by molar-refractivity contribution is -0.120. The van der Waals surface area contributed by atoms with Crippen LogP contribution in [0.5, 0.6) is 0 Å². The molecule has 3 rings (SSSR count). The Morgan fingerprint density at radius 3 is 2.39 bits per heavy atom. The molecule has 0 aliphatic carbocycles. The van der Waals surface area contributed by atoms with Crippen LogP contribution in [-0.2, 0) is 24.8 Å². The van der Waals surface area contributed by atoms with Crippen LogP contribution < -0.4 is 11.0 Å². The number of hydrogen-bond acceptors (Lipinski definition) is 2. The summed E-state index contributed by atoms with van der Waals surface area (Å²) in [6.45, 7) is 0.889. The molecule has 0 aliphatic rings. The number of benzene rings is 2. The van der Waals surface area contributed by atoms with Crippen molar-refractivity contribution in [1.82, 2.24) is 14.5 Å². The SMILES string of the molecule is Cn1c(=O)n(CCNC(=O)Cc2ccccc2)c2ccccc21. The van der Waals surface area contributed by atoms with Crippen molar-refractivity contribution in [2.75, 3.05) is 6.54 Å². The zero-order valence-electron chi connectivity index (χ0n) is 13.0. The fourth-order valence-corrected chi connectivity index (χ4v) is 2.73. The highest BCUT2D eigenvalue weighted by Crippen LogP contribution is 2.10. The number of para-hydroxylation sites is 2. The molecule has 0 saturated carbocycles. The lowest BCUT2D eigenvalue weighted by atomic mass is 10.1. The van der Waals surface area contributed by atoms with Gasteiger partial charge >= 0.3 is 5.69 Å². The number of amides is 1.